The van der Waals surface area contributed by atoms with Gasteiger partial charge in [-0.05, 0) is 18.9 Å². The number of carboxylic acids is 1. The highest BCUT2D eigenvalue weighted by Crippen LogP contribution is 2.34. The van der Waals surface area contributed by atoms with E-state index in [9.17, 15) is 14.7 Å². The lowest BCUT2D eigenvalue weighted by molar-refractivity contribution is -0.165. The first-order valence-corrected chi connectivity index (χ1v) is 10.5. The number of nitrogens with one attached hydrogen (secondary N) is 1. The van der Waals surface area contributed by atoms with Crippen LogP contribution in [0.4, 0.5) is 10.5 Å². The molecule has 4 heterocycles. The molecule has 1 aromatic carbocycles. The van der Waals surface area contributed by atoms with Crippen LogP contribution in [0.3, 0.4) is 0 Å². The second-order valence-corrected chi connectivity index (χ2v) is 7.95. The normalized spacial score (nSPS) is 15.0. The first-order chi connectivity index (χ1) is 16.9. The van der Waals surface area contributed by atoms with Crippen LogP contribution in [0.15, 0.2) is 43.8 Å². The smallest absolute Gasteiger partial charge is 0.412 e. The molecule has 0 bridgehead atoms. The summed E-state index contributed by atoms with van der Waals surface area (Å²) in [6.45, 7) is 1.57. The number of fused-ring (bicyclic) bond motifs is 1. The number of carboxylic acid groups (broad SMARTS) is 1. The minimum absolute atomic E-state index is 0.00937. The molecule has 12 nitrogen and oxygen atoms in total. The Morgan fingerprint density at radius 1 is 1.20 bits per heavy atom. The number of hydrogen-bond donors (Lipinski definition) is 2. The van der Waals surface area contributed by atoms with Crippen LogP contribution in [0, 0.1) is 11.8 Å². The fraction of sp³-hybridized carbons (Fsp3) is 0.227. The zero-order chi connectivity index (χ0) is 24.6. The lowest BCUT2D eigenvalue weighted by atomic mass is 9.86. The number of halogens is 1. The van der Waals surface area contributed by atoms with Gasteiger partial charge >= 0.3 is 12.1 Å². The summed E-state index contributed by atoms with van der Waals surface area (Å²) in [5.41, 5.74) is -0.556. The van der Waals surface area contributed by atoms with E-state index >= 15 is 0 Å². The first-order valence-electron chi connectivity index (χ1n) is 10.1. The van der Waals surface area contributed by atoms with E-state index in [2.05, 4.69) is 32.3 Å². The number of nitrogens with zero attached hydrogens (tertiary/aromatic N) is 3. The number of aliphatic carboxylic acids is 1. The predicted octanol–water partition coefficient (Wildman–Crippen LogP) is 3.52. The number of benzene rings is 1. The summed E-state index contributed by atoms with van der Waals surface area (Å²) in [7, 11) is 0. The number of ether oxygens (including phenoxy) is 2. The van der Waals surface area contributed by atoms with Crippen LogP contribution in [-0.2, 0) is 19.7 Å². The summed E-state index contributed by atoms with van der Waals surface area (Å²) in [6, 6.07) is 7.01. The molecule has 0 radical (unpaired) electrons. The molecule has 1 unspecified atom stereocenters. The van der Waals surface area contributed by atoms with Crippen molar-refractivity contribution in [3.8, 4) is 11.8 Å². The van der Waals surface area contributed by atoms with Crippen LogP contribution in [0.2, 0.25) is 5.02 Å². The van der Waals surface area contributed by atoms with E-state index in [1.54, 1.807) is 31.2 Å². The van der Waals surface area contributed by atoms with Gasteiger partial charge < -0.3 is 27.9 Å². The molecule has 1 amide bonds. The maximum absolute atomic E-state index is 12.3. The Morgan fingerprint density at radius 3 is 2.66 bits per heavy atom. The zero-order valence-electron chi connectivity index (χ0n) is 17.9. The van der Waals surface area contributed by atoms with E-state index in [4.69, 9.17) is 34.4 Å². The van der Waals surface area contributed by atoms with Gasteiger partial charge in [-0.1, -0.05) is 35.0 Å². The van der Waals surface area contributed by atoms with Crippen molar-refractivity contribution in [1.29, 1.82) is 0 Å². The first kappa shape index (κ1) is 22.5. The number of hydrogen-bond acceptors (Lipinski definition) is 10. The monoisotopic (exact) mass is 498 g/mol. The quantitative estimate of drug-likeness (QED) is 0.387. The van der Waals surface area contributed by atoms with Crippen molar-refractivity contribution in [2.24, 2.45) is 0 Å². The lowest BCUT2D eigenvalue weighted by Crippen LogP contribution is -2.53. The number of anilines is 1. The third-order valence-electron chi connectivity index (χ3n) is 5.21. The molecule has 1 aliphatic heterocycles. The van der Waals surface area contributed by atoms with Gasteiger partial charge in [-0.3, -0.25) is 10.1 Å². The third-order valence-corrected chi connectivity index (χ3v) is 5.55. The van der Waals surface area contributed by atoms with Gasteiger partial charge in [0, 0.05) is 16.5 Å². The minimum atomic E-state index is -1.35. The molecule has 0 spiro atoms. The van der Waals surface area contributed by atoms with Crippen LogP contribution < -0.4 is 5.32 Å². The Morgan fingerprint density at radius 2 is 1.97 bits per heavy atom. The maximum Gasteiger partial charge on any atom is 0.412 e. The molecule has 0 aliphatic carbocycles. The SMILES string of the molecule is CC(OC(=O)Nc1cnoc1C#Cc1nc2oc(C3(C(=O)O)COC3)nc2o1)c1ccccc1Cl. The Labute approximate surface area is 201 Å². The number of carbonyl (C=O) groups is 2. The molecule has 0 saturated carbocycles. The van der Waals surface area contributed by atoms with Crippen molar-refractivity contribution >= 4 is 40.8 Å². The van der Waals surface area contributed by atoms with Crippen molar-refractivity contribution in [3.05, 3.63) is 58.6 Å². The fourth-order valence-corrected chi connectivity index (χ4v) is 3.53. The second kappa shape index (κ2) is 8.79. The predicted molar refractivity (Wildman–Crippen MR) is 117 cm³/mol. The van der Waals surface area contributed by atoms with Gasteiger partial charge in [0.2, 0.25) is 11.7 Å². The van der Waals surface area contributed by atoms with Gasteiger partial charge in [0.05, 0.1) is 19.4 Å². The highest BCUT2D eigenvalue weighted by molar-refractivity contribution is 6.31. The highest BCUT2D eigenvalue weighted by Gasteiger charge is 2.52. The van der Waals surface area contributed by atoms with Crippen molar-refractivity contribution in [2.75, 3.05) is 18.5 Å². The molecule has 1 fully saturated rings. The van der Waals surface area contributed by atoms with Gasteiger partial charge in [-0.15, -0.1) is 0 Å². The van der Waals surface area contributed by atoms with E-state index < -0.39 is 23.6 Å². The Bertz CT molecular complexity index is 1460. The Balaban J connectivity index is 1.28. The van der Waals surface area contributed by atoms with E-state index in [-0.39, 0.29) is 47.9 Å². The molecule has 1 saturated heterocycles. The van der Waals surface area contributed by atoms with Crippen LogP contribution in [-0.4, -0.2) is 45.5 Å². The standard InChI is InChI=1S/C22H15ClN4O8/c1-11(12-4-2-3-5-13(12)23)32-21(30)25-14-8-24-35-15(14)6-7-16-26-17-18(33-16)27-19(34-17)22(20(28)29)9-31-10-22/h2-5,8,11H,9-10H2,1H3,(H,25,30)(H,28,29). The van der Waals surface area contributed by atoms with Gasteiger partial charge in [0.1, 0.15) is 11.8 Å². The van der Waals surface area contributed by atoms with Gasteiger partial charge in [-0.25, -0.2) is 4.79 Å². The van der Waals surface area contributed by atoms with Crippen LogP contribution >= 0.6 is 11.6 Å². The van der Waals surface area contributed by atoms with Crippen molar-refractivity contribution in [2.45, 2.75) is 18.4 Å². The summed E-state index contributed by atoms with van der Waals surface area (Å²) in [6.07, 6.45) is -0.112. The van der Waals surface area contributed by atoms with Crippen LogP contribution in [0.25, 0.3) is 11.4 Å². The average molecular weight is 499 g/mol. The number of oxazole rings is 2. The van der Waals surface area contributed by atoms with Crippen molar-refractivity contribution in [1.82, 2.24) is 15.1 Å². The van der Waals surface area contributed by atoms with E-state index in [0.717, 1.165) is 0 Å². The molecular weight excluding hydrogens is 484 g/mol. The third kappa shape index (κ3) is 4.18. The maximum atomic E-state index is 12.3. The van der Waals surface area contributed by atoms with Gasteiger partial charge in [0.25, 0.3) is 17.3 Å². The molecule has 4 aromatic rings. The van der Waals surface area contributed by atoms with E-state index in [1.165, 1.54) is 6.20 Å². The van der Waals surface area contributed by atoms with Crippen molar-refractivity contribution in [3.63, 3.8) is 0 Å². The molecule has 35 heavy (non-hydrogen) atoms. The van der Waals surface area contributed by atoms with Crippen LogP contribution in [0.5, 0.6) is 0 Å². The summed E-state index contributed by atoms with van der Waals surface area (Å²) in [5.74, 6) is 4.03. The molecule has 1 atom stereocenters. The summed E-state index contributed by atoms with van der Waals surface area (Å²) < 4.78 is 26.3. The number of aromatic nitrogens is 3. The summed E-state index contributed by atoms with van der Waals surface area (Å²) in [5, 5.41) is 16.0. The summed E-state index contributed by atoms with van der Waals surface area (Å²) >= 11 is 6.13. The van der Waals surface area contributed by atoms with E-state index in [1.807, 2.05) is 0 Å². The topological polar surface area (TPSA) is 163 Å². The van der Waals surface area contributed by atoms with Crippen LogP contribution in [0.1, 0.15) is 36.1 Å². The van der Waals surface area contributed by atoms with Gasteiger partial charge in [-0.2, -0.15) is 9.97 Å². The van der Waals surface area contributed by atoms with Crippen molar-refractivity contribution < 1.29 is 37.5 Å². The van der Waals surface area contributed by atoms with E-state index in [0.29, 0.717) is 10.6 Å². The molecular formula is C22H15ClN4O8. The average Bonchev–Trinajstić information content (AvgIpc) is 3.46. The molecule has 2 N–H and O–H groups in total. The summed E-state index contributed by atoms with van der Waals surface area (Å²) in [4.78, 5) is 32.0. The Hall–Kier alpha value is -4.34. The Kier molecular flexibility index (Phi) is 5.64. The molecule has 5 rings (SSSR count). The molecule has 3 aromatic heterocycles. The number of carbonyl (C=O) groups excluding carboxylic acids is 1. The zero-order valence-corrected chi connectivity index (χ0v) is 18.7. The number of rotatable bonds is 5. The minimum Gasteiger partial charge on any atom is -0.480 e. The largest absolute Gasteiger partial charge is 0.480 e. The lowest BCUT2D eigenvalue weighted by Gasteiger charge is -2.33. The molecule has 13 heteroatoms. The fourth-order valence-electron chi connectivity index (χ4n) is 3.24. The molecule has 1 aliphatic rings. The molecule has 178 valence electrons. The highest BCUT2D eigenvalue weighted by atomic mass is 35.5. The second-order valence-electron chi connectivity index (χ2n) is 7.54. The van der Waals surface area contributed by atoms with Gasteiger partial charge in [0.15, 0.2) is 5.41 Å². The number of amides is 1.